The van der Waals surface area contributed by atoms with Gasteiger partial charge in [-0.2, -0.15) is 0 Å². The van der Waals surface area contributed by atoms with E-state index < -0.39 is 24.2 Å². The van der Waals surface area contributed by atoms with Crippen LogP contribution in [0.5, 0.6) is 0 Å². The lowest BCUT2D eigenvalue weighted by Gasteiger charge is -2.20. The van der Waals surface area contributed by atoms with Gasteiger partial charge in [-0.15, -0.1) is 0 Å². The Morgan fingerprint density at radius 1 is 1.32 bits per heavy atom. The minimum atomic E-state index is -1.14. The van der Waals surface area contributed by atoms with Crippen molar-refractivity contribution in [3.05, 3.63) is 53.5 Å². The van der Waals surface area contributed by atoms with E-state index in [2.05, 4.69) is 4.98 Å². The lowest BCUT2D eigenvalue weighted by atomic mass is 10.2. The molecule has 116 valence electrons. The van der Waals surface area contributed by atoms with Gasteiger partial charge in [0.1, 0.15) is 18.1 Å². The average Bonchev–Trinajstić information content (AvgIpc) is 2.96. The van der Waals surface area contributed by atoms with E-state index in [-0.39, 0.29) is 12.2 Å². The molecule has 1 aromatic carbocycles. The third-order valence-corrected chi connectivity index (χ3v) is 3.06. The molecule has 0 radical (unpaired) electrons. The molecule has 0 saturated carbocycles. The molecule has 6 nitrogen and oxygen atoms in total. The zero-order valence-corrected chi connectivity index (χ0v) is 12.0. The molecule has 1 amide bonds. The summed E-state index contributed by atoms with van der Waals surface area (Å²) in [5.74, 6) is -1.67. The fourth-order valence-corrected chi connectivity index (χ4v) is 2.02. The van der Waals surface area contributed by atoms with Crippen molar-refractivity contribution in [1.29, 1.82) is 0 Å². The summed E-state index contributed by atoms with van der Waals surface area (Å²) in [6, 6.07) is 5.51. The highest BCUT2D eigenvalue weighted by molar-refractivity contribution is 5.94. The largest absolute Gasteiger partial charge is 0.480 e. The first-order chi connectivity index (χ1) is 10.5. The number of halogens is 1. The van der Waals surface area contributed by atoms with Gasteiger partial charge in [-0.3, -0.25) is 9.59 Å². The first-order valence-corrected chi connectivity index (χ1v) is 6.69. The Bertz CT molecular complexity index is 666. The van der Waals surface area contributed by atoms with Crippen molar-refractivity contribution in [3.63, 3.8) is 0 Å². The van der Waals surface area contributed by atoms with Gasteiger partial charge in [0.15, 0.2) is 12.1 Å². The summed E-state index contributed by atoms with van der Waals surface area (Å²) in [5.41, 5.74) is 0.725. The molecule has 1 N–H and O–H groups in total. The molecule has 0 unspecified atom stereocenters. The number of hydrogen-bond acceptors (Lipinski definition) is 4. The van der Waals surface area contributed by atoms with E-state index >= 15 is 0 Å². The Hall–Kier alpha value is -2.70. The van der Waals surface area contributed by atoms with Crippen LogP contribution in [0.2, 0.25) is 0 Å². The van der Waals surface area contributed by atoms with Crippen LogP contribution >= 0.6 is 0 Å². The number of carboxylic acids is 1. The highest BCUT2D eigenvalue weighted by atomic mass is 19.1. The van der Waals surface area contributed by atoms with Crippen molar-refractivity contribution in [2.24, 2.45) is 0 Å². The molecule has 2 aromatic rings. The molecule has 0 bridgehead atoms. The number of rotatable bonds is 6. The maximum Gasteiger partial charge on any atom is 0.323 e. The van der Waals surface area contributed by atoms with Crippen molar-refractivity contribution in [2.45, 2.75) is 19.9 Å². The van der Waals surface area contributed by atoms with Gasteiger partial charge in [0.05, 0.1) is 0 Å². The zero-order chi connectivity index (χ0) is 16.1. The molecule has 0 saturated heterocycles. The third-order valence-electron chi connectivity index (χ3n) is 3.06. The van der Waals surface area contributed by atoms with Gasteiger partial charge in [-0.05, 0) is 17.7 Å². The summed E-state index contributed by atoms with van der Waals surface area (Å²) in [6.07, 6.45) is 1.63. The Morgan fingerprint density at radius 2 is 2.00 bits per heavy atom. The molecule has 7 heteroatoms. The van der Waals surface area contributed by atoms with Gasteiger partial charge < -0.3 is 14.4 Å². The van der Waals surface area contributed by atoms with Crippen LogP contribution in [0.25, 0.3) is 0 Å². The Kier molecular flexibility index (Phi) is 4.88. The summed E-state index contributed by atoms with van der Waals surface area (Å²) in [5, 5.41) is 8.98. The van der Waals surface area contributed by atoms with Crippen LogP contribution < -0.4 is 0 Å². The summed E-state index contributed by atoms with van der Waals surface area (Å²) in [6.45, 7) is 1.37. The normalized spacial score (nSPS) is 10.5. The number of oxazole rings is 1. The van der Waals surface area contributed by atoms with Gasteiger partial charge in [0, 0.05) is 13.0 Å². The Morgan fingerprint density at radius 3 is 2.59 bits per heavy atom. The number of hydrogen-bond donors (Lipinski definition) is 1. The molecule has 1 aromatic heterocycles. The Labute approximate surface area is 126 Å². The molecule has 0 atom stereocenters. The van der Waals surface area contributed by atoms with Crippen molar-refractivity contribution in [2.75, 3.05) is 6.54 Å². The number of carbonyl (C=O) groups is 2. The fourth-order valence-electron chi connectivity index (χ4n) is 2.02. The smallest absolute Gasteiger partial charge is 0.323 e. The van der Waals surface area contributed by atoms with Crippen molar-refractivity contribution >= 4 is 11.9 Å². The number of aryl methyl sites for hydroxylation is 1. The standard InChI is InChI=1S/C15H15FN2O4/c1-2-12-14(17-9-22-12)15(21)18(8-13(19)20)7-10-3-5-11(16)6-4-10/h3-6,9H,2,7-8H2,1H3,(H,19,20). The second-order valence-corrected chi connectivity index (χ2v) is 4.66. The number of nitrogens with zero attached hydrogens (tertiary/aromatic N) is 2. The van der Waals surface area contributed by atoms with Gasteiger partial charge in [0.2, 0.25) is 0 Å². The van der Waals surface area contributed by atoms with E-state index in [9.17, 15) is 14.0 Å². The van der Waals surface area contributed by atoms with E-state index in [1.165, 1.54) is 24.3 Å². The number of amides is 1. The van der Waals surface area contributed by atoms with Crippen molar-refractivity contribution in [1.82, 2.24) is 9.88 Å². The van der Waals surface area contributed by atoms with E-state index in [1.807, 2.05) is 0 Å². The topological polar surface area (TPSA) is 83.6 Å². The molecule has 0 aliphatic carbocycles. The highest BCUT2D eigenvalue weighted by Crippen LogP contribution is 2.14. The minimum absolute atomic E-state index is 0.0431. The molecule has 0 aliphatic rings. The number of carboxylic acid groups (broad SMARTS) is 1. The lowest BCUT2D eigenvalue weighted by Crippen LogP contribution is -2.35. The molecule has 22 heavy (non-hydrogen) atoms. The number of aliphatic carboxylic acids is 1. The highest BCUT2D eigenvalue weighted by Gasteiger charge is 2.24. The molecule has 2 rings (SSSR count). The fraction of sp³-hybridized carbons (Fsp3) is 0.267. The maximum absolute atomic E-state index is 12.9. The zero-order valence-electron chi connectivity index (χ0n) is 12.0. The quantitative estimate of drug-likeness (QED) is 0.883. The molecule has 0 spiro atoms. The molecular formula is C15H15FN2O4. The van der Waals surface area contributed by atoms with E-state index in [0.717, 1.165) is 11.3 Å². The monoisotopic (exact) mass is 306 g/mol. The predicted molar refractivity (Wildman–Crippen MR) is 74.7 cm³/mol. The third kappa shape index (κ3) is 3.69. The Balaban J connectivity index is 2.23. The summed E-state index contributed by atoms with van der Waals surface area (Å²) >= 11 is 0. The van der Waals surface area contributed by atoms with E-state index in [1.54, 1.807) is 6.92 Å². The summed E-state index contributed by atoms with van der Waals surface area (Å²) < 4.78 is 18.0. The van der Waals surface area contributed by atoms with Crippen LogP contribution in [-0.2, 0) is 17.8 Å². The number of carbonyl (C=O) groups excluding carboxylic acids is 1. The first-order valence-electron chi connectivity index (χ1n) is 6.69. The lowest BCUT2D eigenvalue weighted by molar-refractivity contribution is -0.137. The van der Waals surface area contributed by atoms with E-state index in [0.29, 0.717) is 17.7 Å². The summed E-state index contributed by atoms with van der Waals surface area (Å²) in [7, 11) is 0. The molecule has 0 aliphatic heterocycles. The van der Waals surface area contributed by atoms with Crippen molar-refractivity contribution < 1.29 is 23.5 Å². The van der Waals surface area contributed by atoms with Crippen LogP contribution in [0.15, 0.2) is 35.1 Å². The maximum atomic E-state index is 12.9. The van der Waals surface area contributed by atoms with Gasteiger partial charge in [-0.1, -0.05) is 19.1 Å². The molecule has 0 fully saturated rings. The van der Waals surface area contributed by atoms with E-state index in [4.69, 9.17) is 9.52 Å². The van der Waals surface area contributed by atoms with Gasteiger partial charge >= 0.3 is 5.97 Å². The predicted octanol–water partition coefficient (Wildman–Crippen LogP) is 2.10. The second kappa shape index (κ2) is 6.84. The van der Waals surface area contributed by atoms with Crippen LogP contribution in [0.1, 0.15) is 28.7 Å². The first kappa shape index (κ1) is 15.7. The number of benzene rings is 1. The molecular weight excluding hydrogens is 291 g/mol. The molecule has 1 heterocycles. The van der Waals surface area contributed by atoms with Crippen LogP contribution in [-0.4, -0.2) is 33.4 Å². The van der Waals surface area contributed by atoms with Crippen LogP contribution in [0.3, 0.4) is 0 Å². The van der Waals surface area contributed by atoms with Crippen LogP contribution in [0.4, 0.5) is 4.39 Å². The van der Waals surface area contributed by atoms with Gasteiger partial charge in [-0.25, -0.2) is 9.37 Å². The number of aromatic nitrogens is 1. The van der Waals surface area contributed by atoms with Crippen molar-refractivity contribution in [3.8, 4) is 0 Å². The SMILES string of the molecule is CCc1ocnc1C(=O)N(CC(=O)O)Cc1ccc(F)cc1. The summed E-state index contributed by atoms with van der Waals surface area (Å²) in [4.78, 5) is 28.4. The average molecular weight is 306 g/mol. The second-order valence-electron chi connectivity index (χ2n) is 4.66. The minimum Gasteiger partial charge on any atom is -0.480 e. The van der Waals surface area contributed by atoms with Crippen LogP contribution in [0, 0.1) is 5.82 Å². The van der Waals surface area contributed by atoms with Gasteiger partial charge in [0.25, 0.3) is 5.91 Å².